The Morgan fingerprint density at radius 2 is 2.14 bits per heavy atom. The third kappa shape index (κ3) is 3.27. The maximum Gasteiger partial charge on any atom is 0.134 e. The summed E-state index contributed by atoms with van der Waals surface area (Å²) in [6.45, 7) is 1.59. The molecule has 1 nitrogen and oxygen atoms in total. The van der Waals surface area contributed by atoms with Gasteiger partial charge in [0.1, 0.15) is 5.78 Å². The molecule has 0 radical (unpaired) electrons. The lowest BCUT2D eigenvalue weighted by atomic mass is 10.0. The van der Waals surface area contributed by atoms with Crippen LogP contribution in [0.4, 0.5) is 0 Å². The van der Waals surface area contributed by atoms with Gasteiger partial charge < -0.3 is 0 Å². The minimum Gasteiger partial charge on any atom is -0.300 e. The van der Waals surface area contributed by atoms with Crippen molar-refractivity contribution in [2.24, 2.45) is 0 Å². The van der Waals surface area contributed by atoms with Gasteiger partial charge in [0.2, 0.25) is 0 Å². The minimum atomic E-state index is 0.158. The molecule has 0 aliphatic heterocycles. The van der Waals surface area contributed by atoms with Gasteiger partial charge in [0, 0.05) is 12.0 Å². The van der Waals surface area contributed by atoms with E-state index in [1.807, 2.05) is 24.3 Å². The van der Waals surface area contributed by atoms with Gasteiger partial charge in [0.25, 0.3) is 0 Å². The molecule has 0 unspecified atom stereocenters. The number of thiol groups is 1. The Bertz CT molecular complexity index is 385. The molecule has 0 saturated heterocycles. The van der Waals surface area contributed by atoms with E-state index in [9.17, 15) is 4.79 Å². The van der Waals surface area contributed by atoms with Crippen molar-refractivity contribution in [2.45, 2.75) is 13.3 Å². The number of carbonyl (C=O) groups excluding carboxylic acids is 1. The van der Waals surface area contributed by atoms with Crippen LogP contribution >= 0.6 is 12.6 Å². The van der Waals surface area contributed by atoms with Gasteiger partial charge in [-0.2, -0.15) is 12.6 Å². The lowest BCUT2D eigenvalue weighted by molar-refractivity contribution is -0.116. The Hall–Kier alpha value is -1.20. The Kier molecular flexibility index (Phi) is 4.28. The van der Waals surface area contributed by atoms with E-state index in [1.54, 1.807) is 6.92 Å². The van der Waals surface area contributed by atoms with E-state index in [-0.39, 0.29) is 5.78 Å². The van der Waals surface area contributed by atoms with Gasteiger partial charge in [0.15, 0.2) is 0 Å². The van der Waals surface area contributed by atoms with Gasteiger partial charge in [-0.1, -0.05) is 30.0 Å². The van der Waals surface area contributed by atoms with E-state index in [0.29, 0.717) is 12.2 Å². The molecule has 72 valence electrons. The average Bonchev–Trinajstić information content (AvgIpc) is 2.16. The third-order valence-electron chi connectivity index (χ3n) is 1.76. The summed E-state index contributed by atoms with van der Waals surface area (Å²) >= 11 is 4.01. The molecule has 14 heavy (non-hydrogen) atoms. The van der Waals surface area contributed by atoms with E-state index in [2.05, 4.69) is 24.5 Å². The van der Waals surface area contributed by atoms with Crippen LogP contribution in [-0.2, 0) is 11.2 Å². The largest absolute Gasteiger partial charge is 0.300 e. The number of hydrogen-bond donors (Lipinski definition) is 1. The number of hydrogen-bond acceptors (Lipinski definition) is 2. The standard InChI is InChI=1S/C12H12OS/c1-10(13)9-12-6-3-2-5-11(12)7-4-8-14/h2-3,5-6,14H,8-9H2,1H3. The van der Waals surface area contributed by atoms with Gasteiger partial charge in [0.05, 0.1) is 5.75 Å². The lowest BCUT2D eigenvalue weighted by Crippen LogP contribution is -1.98. The summed E-state index contributed by atoms with van der Waals surface area (Å²) in [5, 5.41) is 0. The molecular formula is C12H12OS. The highest BCUT2D eigenvalue weighted by Crippen LogP contribution is 2.08. The molecule has 1 aromatic carbocycles. The molecule has 0 atom stereocenters. The van der Waals surface area contributed by atoms with Gasteiger partial charge in [-0.25, -0.2) is 0 Å². The van der Waals surface area contributed by atoms with Gasteiger partial charge >= 0.3 is 0 Å². The number of carbonyl (C=O) groups is 1. The molecule has 1 aromatic rings. The fraction of sp³-hybridized carbons (Fsp3) is 0.250. The monoisotopic (exact) mass is 204 g/mol. The van der Waals surface area contributed by atoms with Gasteiger partial charge in [-0.3, -0.25) is 4.79 Å². The van der Waals surface area contributed by atoms with Crippen molar-refractivity contribution in [1.29, 1.82) is 0 Å². The molecule has 2 heteroatoms. The van der Waals surface area contributed by atoms with Crippen molar-refractivity contribution >= 4 is 18.4 Å². The van der Waals surface area contributed by atoms with Crippen molar-refractivity contribution in [1.82, 2.24) is 0 Å². The molecule has 0 aliphatic carbocycles. The normalized spacial score (nSPS) is 9.00. The molecule has 0 fully saturated rings. The predicted molar refractivity (Wildman–Crippen MR) is 61.6 cm³/mol. The van der Waals surface area contributed by atoms with Crippen molar-refractivity contribution in [3.8, 4) is 11.8 Å². The number of ketones is 1. The van der Waals surface area contributed by atoms with E-state index in [1.165, 1.54) is 0 Å². The summed E-state index contributed by atoms with van der Waals surface area (Å²) in [5.74, 6) is 6.56. The molecule has 0 aromatic heterocycles. The average molecular weight is 204 g/mol. The highest BCUT2D eigenvalue weighted by molar-refractivity contribution is 7.80. The molecule has 0 spiro atoms. The van der Waals surface area contributed by atoms with Crippen LogP contribution in [0, 0.1) is 11.8 Å². The second-order valence-electron chi connectivity index (χ2n) is 3.00. The first-order valence-corrected chi connectivity index (χ1v) is 5.04. The van der Waals surface area contributed by atoms with Gasteiger partial charge in [-0.05, 0) is 18.6 Å². The minimum absolute atomic E-state index is 0.158. The van der Waals surface area contributed by atoms with Crippen LogP contribution in [0.1, 0.15) is 18.1 Å². The number of rotatable bonds is 2. The maximum atomic E-state index is 11.0. The fourth-order valence-electron chi connectivity index (χ4n) is 1.20. The Morgan fingerprint density at radius 3 is 2.79 bits per heavy atom. The van der Waals surface area contributed by atoms with E-state index >= 15 is 0 Å². The number of Topliss-reactive ketones (excluding diaryl/α,β-unsaturated/α-hetero) is 1. The second-order valence-corrected chi connectivity index (χ2v) is 3.31. The zero-order valence-corrected chi connectivity index (χ0v) is 8.97. The molecule has 0 bridgehead atoms. The Labute approximate surface area is 89.9 Å². The SMILES string of the molecule is CC(=O)Cc1ccccc1C#CCS. The summed E-state index contributed by atoms with van der Waals surface area (Å²) in [7, 11) is 0. The third-order valence-corrected chi connectivity index (χ3v) is 1.92. The van der Waals surface area contributed by atoms with Crippen molar-refractivity contribution < 1.29 is 4.79 Å². The Morgan fingerprint density at radius 1 is 1.43 bits per heavy atom. The van der Waals surface area contributed by atoms with E-state index < -0.39 is 0 Å². The van der Waals surface area contributed by atoms with Crippen LogP contribution in [0.2, 0.25) is 0 Å². The van der Waals surface area contributed by atoms with E-state index in [0.717, 1.165) is 11.1 Å². The molecular weight excluding hydrogens is 192 g/mol. The first kappa shape index (κ1) is 10.9. The molecule has 0 aliphatic rings. The van der Waals surface area contributed by atoms with Crippen LogP contribution in [0.5, 0.6) is 0 Å². The summed E-state index contributed by atoms with van der Waals surface area (Å²) in [6.07, 6.45) is 0.456. The van der Waals surface area contributed by atoms with Crippen LogP contribution < -0.4 is 0 Å². The molecule has 0 N–H and O–H groups in total. The zero-order valence-electron chi connectivity index (χ0n) is 8.08. The molecule has 1 rings (SSSR count). The summed E-state index contributed by atoms with van der Waals surface area (Å²) in [5.41, 5.74) is 1.92. The lowest BCUT2D eigenvalue weighted by Gasteiger charge is -2.00. The van der Waals surface area contributed by atoms with Gasteiger partial charge in [-0.15, -0.1) is 0 Å². The zero-order chi connectivity index (χ0) is 10.4. The smallest absolute Gasteiger partial charge is 0.134 e. The van der Waals surface area contributed by atoms with Crippen LogP contribution in [0.25, 0.3) is 0 Å². The summed E-state index contributed by atoms with van der Waals surface area (Å²) < 4.78 is 0. The fourth-order valence-corrected chi connectivity index (χ4v) is 1.28. The summed E-state index contributed by atoms with van der Waals surface area (Å²) in [6, 6.07) is 7.70. The Balaban J connectivity index is 2.96. The predicted octanol–water partition coefficient (Wildman–Crippen LogP) is 2.10. The van der Waals surface area contributed by atoms with Crippen molar-refractivity contribution in [3.05, 3.63) is 35.4 Å². The van der Waals surface area contributed by atoms with Crippen molar-refractivity contribution in [3.63, 3.8) is 0 Å². The quantitative estimate of drug-likeness (QED) is 0.576. The van der Waals surface area contributed by atoms with Crippen LogP contribution in [-0.4, -0.2) is 11.5 Å². The first-order valence-electron chi connectivity index (χ1n) is 4.41. The maximum absolute atomic E-state index is 11.0. The molecule has 0 heterocycles. The highest BCUT2D eigenvalue weighted by atomic mass is 32.1. The van der Waals surface area contributed by atoms with Crippen molar-refractivity contribution in [2.75, 3.05) is 5.75 Å². The highest BCUT2D eigenvalue weighted by Gasteiger charge is 2.01. The van der Waals surface area contributed by atoms with E-state index in [4.69, 9.17) is 0 Å². The second kappa shape index (κ2) is 5.51. The van der Waals surface area contributed by atoms with Crippen LogP contribution in [0.15, 0.2) is 24.3 Å². The first-order chi connectivity index (χ1) is 6.74. The number of benzene rings is 1. The van der Waals surface area contributed by atoms with Crippen LogP contribution in [0.3, 0.4) is 0 Å². The topological polar surface area (TPSA) is 17.1 Å². The molecule has 0 amide bonds. The molecule has 0 saturated carbocycles. The summed E-state index contributed by atoms with van der Waals surface area (Å²) in [4.78, 5) is 11.0.